The number of thiol groups is 1. The van der Waals surface area contributed by atoms with Gasteiger partial charge in [0.1, 0.15) is 17.7 Å². The van der Waals surface area contributed by atoms with Gasteiger partial charge in [-0.05, 0) is 66.5 Å². The third-order valence-corrected chi connectivity index (χ3v) is 5.87. The Bertz CT molecular complexity index is 1070. The number of amides is 3. The zero-order chi connectivity index (χ0) is 28.0. The van der Waals surface area contributed by atoms with Crippen LogP contribution >= 0.6 is 12.6 Å². The predicted octanol–water partition coefficient (Wildman–Crippen LogP) is 5.11. The monoisotopic (exact) mass is 527 g/mol. The van der Waals surface area contributed by atoms with Gasteiger partial charge in [0.25, 0.3) is 0 Å². The molecule has 0 heterocycles. The van der Waals surface area contributed by atoms with Crippen LogP contribution in [0.1, 0.15) is 69.8 Å². The molecule has 0 saturated heterocycles. The van der Waals surface area contributed by atoms with E-state index in [1.54, 1.807) is 25.7 Å². The fourth-order valence-corrected chi connectivity index (χ4v) is 4.36. The number of alkyl carbamates (subject to hydrolysis) is 1. The van der Waals surface area contributed by atoms with E-state index in [0.717, 1.165) is 16.7 Å². The average Bonchev–Trinajstić information content (AvgIpc) is 2.77. The predicted molar refractivity (Wildman–Crippen MR) is 151 cm³/mol. The molecule has 0 radical (unpaired) electrons. The van der Waals surface area contributed by atoms with Gasteiger partial charge in [-0.2, -0.15) is 12.6 Å². The highest BCUT2D eigenvalue weighted by Crippen LogP contribution is 2.31. The molecule has 202 valence electrons. The maximum absolute atomic E-state index is 14.0. The molecule has 0 saturated carbocycles. The molecule has 2 aromatic carbocycles. The molecule has 8 heteroatoms. The first kappa shape index (κ1) is 30.2. The molecule has 2 N–H and O–H groups in total. The highest BCUT2D eigenvalue weighted by molar-refractivity contribution is 7.80. The first-order chi connectivity index (χ1) is 17.1. The first-order valence-electron chi connectivity index (χ1n) is 12.5. The third-order valence-electron chi connectivity index (χ3n) is 5.51. The first-order valence-corrected chi connectivity index (χ1v) is 13.1. The molecule has 0 aliphatic rings. The lowest BCUT2D eigenvalue weighted by Gasteiger charge is -2.43. The summed E-state index contributed by atoms with van der Waals surface area (Å²) in [5, 5.41) is 5.65. The quantitative estimate of drug-likeness (QED) is 0.416. The summed E-state index contributed by atoms with van der Waals surface area (Å²) in [5.74, 6) is -0.699. The number of carbonyl (C=O) groups is 3. The number of carbonyl (C=O) groups excluding carboxylic acids is 3. The van der Waals surface area contributed by atoms with Gasteiger partial charge in [-0.25, -0.2) is 4.79 Å². The molecule has 2 atom stereocenters. The molecule has 0 bridgehead atoms. The zero-order valence-electron chi connectivity index (χ0n) is 23.2. The SMILES string of the molecule is Cc1cc(C)cc(C(C(=O)NCc2ccccc2)N(C(=O)C(CS)NC(=O)OC(C)(C)C)C(C)(C)C)c1. The van der Waals surface area contributed by atoms with E-state index in [1.807, 2.05) is 83.1 Å². The van der Waals surface area contributed by atoms with Crippen LogP contribution in [0.2, 0.25) is 0 Å². The van der Waals surface area contributed by atoms with Gasteiger partial charge < -0.3 is 20.3 Å². The molecule has 7 nitrogen and oxygen atoms in total. The smallest absolute Gasteiger partial charge is 0.408 e. The van der Waals surface area contributed by atoms with Gasteiger partial charge in [-0.15, -0.1) is 0 Å². The molecular formula is C29H41N3O4S. The minimum absolute atomic E-state index is 0.0376. The Morgan fingerprint density at radius 2 is 1.51 bits per heavy atom. The van der Waals surface area contributed by atoms with Gasteiger partial charge in [0.05, 0.1) is 0 Å². The second kappa shape index (κ2) is 12.5. The van der Waals surface area contributed by atoms with Gasteiger partial charge in [0.2, 0.25) is 11.8 Å². The van der Waals surface area contributed by atoms with Crippen LogP contribution in [-0.2, 0) is 20.9 Å². The van der Waals surface area contributed by atoms with Crippen molar-refractivity contribution in [1.29, 1.82) is 0 Å². The standard InChI is InChI=1S/C29H41N3O4S/c1-19-14-20(2)16-22(15-19)24(25(33)30-17-21-12-10-9-11-13-21)32(28(3,4)5)26(34)23(18-37)31-27(35)36-29(6,7)8/h9-16,23-24,37H,17-18H2,1-8H3,(H,30,33)(H,31,35). The van der Waals surface area contributed by atoms with Gasteiger partial charge >= 0.3 is 6.09 Å². The van der Waals surface area contributed by atoms with Crippen molar-refractivity contribution in [2.24, 2.45) is 0 Å². The molecule has 3 amide bonds. The van der Waals surface area contributed by atoms with E-state index < -0.39 is 35.2 Å². The van der Waals surface area contributed by atoms with Crippen LogP contribution in [0, 0.1) is 13.8 Å². The summed E-state index contributed by atoms with van der Waals surface area (Å²) in [4.78, 5) is 41.9. The molecule has 2 aromatic rings. The van der Waals surface area contributed by atoms with Crippen molar-refractivity contribution >= 4 is 30.5 Å². The Morgan fingerprint density at radius 3 is 2.00 bits per heavy atom. The van der Waals surface area contributed by atoms with E-state index in [2.05, 4.69) is 23.3 Å². The second-order valence-corrected chi connectivity index (χ2v) is 11.7. The minimum Gasteiger partial charge on any atom is -0.444 e. The minimum atomic E-state index is -0.993. The topological polar surface area (TPSA) is 87.7 Å². The zero-order valence-corrected chi connectivity index (χ0v) is 24.1. The van der Waals surface area contributed by atoms with Crippen LogP contribution < -0.4 is 10.6 Å². The molecule has 0 fully saturated rings. The lowest BCUT2D eigenvalue weighted by Crippen LogP contribution is -2.59. The van der Waals surface area contributed by atoms with Crippen LogP contribution in [0.25, 0.3) is 0 Å². The number of benzene rings is 2. The van der Waals surface area contributed by atoms with E-state index >= 15 is 0 Å². The second-order valence-electron chi connectivity index (χ2n) is 11.3. The van der Waals surface area contributed by atoms with Crippen LogP contribution in [-0.4, -0.2) is 45.7 Å². The molecule has 37 heavy (non-hydrogen) atoms. The maximum Gasteiger partial charge on any atom is 0.408 e. The van der Waals surface area contributed by atoms with Crippen molar-refractivity contribution in [2.75, 3.05) is 5.75 Å². The molecular weight excluding hydrogens is 486 g/mol. The van der Waals surface area contributed by atoms with Gasteiger partial charge in [0, 0.05) is 17.8 Å². The number of ether oxygens (including phenoxy) is 1. The largest absolute Gasteiger partial charge is 0.444 e. The maximum atomic E-state index is 14.0. The number of nitrogens with one attached hydrogen (secondary N) is 2. The van der Waals surface area contributed by atoms with Crippen molar-refractivity contribution in [3.05, 3.63) is 70.8 Å². The lowest BCUT2D eigenvalue weighted by atomic mass is 9.93. The van der Waals surface area contributed by atoms with E-state index in [1.165, 1.54) is 0 Å². The van der Waals surface area contributed by atoms with E-state index in [0.29, 0.717) is 12.1 Å². The fraction of sp³-hybridized carbons (Fsp3) is 0.483. The summed E-state index contributed by atoms with van der Waals surface area (Å²) in [6.45, 7) is 15.1. The normalized spacial score (nSPS) is 13.3. The van der Waals surface area contributed by atoms with E-state index in [9.17, 15) is 14.4 Å². The summed E-state index contributed by atoms with van der Waals surface area (Å²) < 4.78 is 5.36. The molecule has 0 spiro atoms. The van der Waals surface area contributed by atoms with Crippen molar-refractivity contribution < 1.29 is 19.1 Å². The molecule has 2 rings (SSSR count). The molecule has 0 aliphatic carbocycles. The van der Waals surface area contributed by atoms with Crippen molar-refractivity contribution in [2.45, 2.75) is 85.2 Å². The van der Waals surface area contributed by atoms with Gasteiger partial charge in [-0.3, -0.25) is 9.59 Å². The third kappa shape index (κ3) is 9.11. The van der Waals surface area contributed by atoms with Crippen LogP contribution in [0.5, 0.6) is 0 Å². The average molecular weight is 528 g/mol. The lowest BCUT2D eigenvalue weighted by molar-refractivity contribution is -0.148. The summed E-state index contributed by atoms with van der Waals surface area (Å²) in [6.07, 6.45) is -0.717. The Kier molecular flexibility index (Phi) is 10.2. The highest BCUT2D eigenvalue weighted by atomic mass is 32.1. The van der Waals surface area contributed by atoms with Crippen molar-refractivity contribution in [1.82, 2.24) is 15.5 Å². The molecule has 0 aliphatic heterocycles. The Hall–Kier alpha value is -3.00. The fourth-order valence-electron chi connectivity index (χ4n) is 4.12. The number of rotatable bonds is 8. The van der Waals surface area contributed by atoms with E-state index in [4.69, 9.17) is 4.74 Å². The summed E-state index contributed by atoms with van der Waals surface area (Å²) in [7, 11) is 0. The van der Waals surface area contributed by atoms with Crippen molar-refractivity contribution in [3.8, 4) is 0 Å². The summed E-state index contributed by atoms with van der Waals surface area (Å²) in [6, 6.07) is 13.5. The summed E-state index contributed by atoms with van der Waals surface area (Å²) in [5.41, 5.74) is 2.12. The Balaban J connectivity index is 2.50. The summed E-state index contributed by atoms with van der Waals surface area (Å²) >= 11 is 4.34. The number of nitrogens with zero attached hydrogens (tertiary/aromatic N) is 1. The van der Waals surface area contributed by atoms with Crippen LogP contribution in [0.15, 0.2) is 48.5 Å². The van der Waals surface area contributed by atoms with E-state index in [-0.39, 0.29) is 11.7 Å². The molecule has 2 unspecified atom stereocenters. The highest BCUT2D eigenvalue weighted by Gasteiger charge is 2.41. The van der Waals surface area contributed by atoms with Crippen LogP contribution in [0.3, 0.4) is 0 Å². The number of hydrogen-bond donors (Lipinski definition) is 3. The number of hydrogen-bond acceptors (Lipinski definition) is 5. The van der Waals surface area contributed by atoms with Crippen molar-refractivity contribution in [3.63, 3.8) is 0 Å². The van der Waals surface area contributed by atoms with Crippen LogP contribution in [0.4, 0.5) is 4.79 Å². The van der Waals surface area contributed by atoms with Gasteiger partial charge in [0.15, 0.2) is 0 Å². The molecule has 0 aromatic heterocycles. The van der Waals surface area contributed by atoms with Gasteiger partial charge in [-0.1, -0.05) is 59.7 Å². The Morgan fingerprint density at radius 1 is 0.946 bits per heavy atom. The Labute approximate surface area is 226 Å². The number of aryl methyl sites for hydroxylation is 2.